The van der Waals surface area contributed by atoms with E-state index in [1.165, 1.54) is 18.2 Å². The fourth-order valence-electron chi connectivity index (χ4n) is 3.77. The van der Waals surface area contributed by atoms with Crippen LogP contribution in [0.3, 0.4) is 0 Å². The molecule has 2 amide bonds. The lowest BCUT2D eigenvalue weighted by Gasteiger charge is -2.19. The Balaban J connectivity index is 2.16. The zero-order valence-electron chi connectivity index (χ0n) is 21.3. The van der Waals surface area contributed by atoms with Gasteiger partial charge in [-0.2, -0.15) is 26.3 Å². The van der Waals surface area contributed by atoms with Crippen LogP contribution in [-0.4, -0.2) is 42.8 Å². The van der Waals surface area contributed by atoms with E-state index >= 15 is 0 Å². The fourth-order valence-corrected chi connectivity index (χ4v) is 3.77. The first-order valence-corrected chi connectivity index (χ1v) is 12.3. The van der Waals surface area contributed by atoms with Crippen LogP contribution in [0.2, 0.25) is 0 Å². The lowest BCUT2D eigenvalue weighted by molar-refractivity contribution is -0.138. The van der Waals surface area contributed by atoms with Gasteiger partial charge in [0.05, 0.1) is 23.2 Å². The van der Waals surface area contributed by atoms with Crippen molar-refractivity contribution in [3.63, 3.8) is 0 Å². The molecule has 0 bridgehead atoms. The number of Topliss-reactive ketones (excluding diaryl/α,β-unsaturated/α-hetero) is 1. The Kier molecular flexibility index (Phi) is 11.6. The van der Waals surface area contributed by atoms with E-state index in [0.717, 1.165) is 30.3 Å². The van der Waals surface area contributed by atoms with Gasteiger partial charge in [0.2, 0.25) is 11.8 Å². The standard InChI is InChI=1S/C26H31F6N5O3/c27-25(28,29)17-7-4-15(5-8-17)10-16(24(40)37-19-3-1-2-18(11-19)26(30,31)32)6-9-22(38)21(35)12-23(39)36-20(13-33)14-34/h1-5,7-8,11,16,20-21H,6,9-10,12-14,33-35H2,(H,36,39)(H,37,40)/t16?,21-/m0/s1. The SMILES string of the molecule is NCC(CN)NC(=O)C[C@H](N)C(=O)CCC(Cc1ccc(C(F)(F)F)cc1)C(=O)Nc1cccc(C(F)(F)F)c1. The summed E-state index contributed by atoms with van der Waals surface area (Å²) in [5.41, 5.74) is 15.1. The second kappa shape index (κ2) is 14.2. The van der Waals surface area contributed by atoms with E-state index in [1.807, 2.05) is 0 Å². The Morgan fingerprint density at radius 3 is 2.00 bits per heavy atom. The molecule has 14 heteroatoms. The van der Waals surface area contributed by atoms with Crippen LogP contribution in [0.1, 0.15) is 36.0 Å². The maximum absolute atomic E-state index is 13.1. The van der Waals surface area contributed by atoms with Crippen LogP contribution in [-0.2, 0) is 33.2 Å². The van der Waals surface area contributed by atoms with Crippen molar-refractivity contribution in [1.29, 1.82) is 0 Å². The summed E-state index contributed by atoms with van der Waals surface area (Å²) in [4.78, 5) is 37.8. The fraction of sp³-hybridized carbons (Fsp3) is 0.423. The van der Waals surface area contributed by atoms with E-state index in [2.05, 4.69) is 10.6 Å². The Labute approximate surface area is 226 Å². The topological polar surface area (TPSA) is 153 Å². The molecule has 0 aliphatic carbocycles. The van der Waals surface area contributed by atoms with E-state index in [4.69, 9.17) is 17.2 Å². The molecule has 40 heavy (non-hydrogen) atoms. The predicted octanol–water partition coefficient (Wildman–Crippen LogP) is 2.99. The molecule has 220 valence electrons. The molecule has 0 aliphatic heterocycles. The smallest absolute Gasteiger partial charge is 0.351 e. The van der Waals surface area contributed by atoms with Crippen LogP contribution < -0.4 is 27.8 Å². The molecule has 0 saturated carbocycles. The second-order valence-corrected chi connectivity index (χ2v) is 9.21. The number of anilines is 1. The normalized spacial score (nSPS) is 13.6. The summed E-state index contributed by atoms with van der Waals surface area (Å²) in [6.45, 7) is 0.163. The van der Waals surface area contributed by atoms with E-state index in [9.17, 15) is 40.7 Å². The van der Waals surface area contributed by atoms with Crippen molar-refractivity contribution in [3.8, 4) is 0 Å². The first-order valence-electron chi connectivity index (χ1n) is 12.3. The average Bonchev–Trinajstić information content (AvgIpc) is 2.88. The summed E-state index contributed by atoms with van der Waals surface area (Å²) in [6.07, 6.45) is -10.1. The molecule has 2 aromatic carbocycles. The monoisotopic (exact) mass is 575 g/mol. The van der Waals surface area contributed by atoms with Crippen molar-refractivity contribution < 1.29 is 40.7 Å². The van der Waals surface area contributed by atoms with E-state index in [-0.39, 0.29) is 44.5 Å². The quantitative estimate of drug-likeness (QED) is 0.232. The van der Waals surface area contributed by atoms with Crippen LogP contribution in [0.25, 0.3) is 0 Å². The summed E-state index contributed by atoms with van der Waals surface area (Å²) in [5, 5.41) is 4.91. The van der Waals surface area contributed by atoms with Crippen molar-refractivity contribution in [2.24, 2.45) is 23.1 Å². The number of benzene rings is 2. The summed E-state index contributed by atoms with van der Waals surface area (Å²) in [7, 11) is 0. The zero-order chi connectivity index (χ0) is 30.1. The molecular weight excluding hydrogens is 544 g/mol. The summed E-state index contributed by atoms with van der Waals surface area (Å²) >= 11 is 0. The molecule has 8 N–H and O–H groups in total. The Hall–Kier alpha value is -3.49. The summed E-state index contributed by atoms with van der Waals surface area (Å²) < 4.78 is 78.0. The molecule has 0 radical (unpaired) electrons. The average molecular weight is 576 g/mol. The van der Waals surface area contributed by atoms with Gasteiger partial charge in [0.15, 0.2) is 0 Å². The molecule has 0 aliphatic rings. The minimum absolute atomic E-state index is 0.0814. The van der Waals surface area contributed by atoms with Gasteiger partial charge >= 0.3 is 12.4 Å². The molecule has 0 saturated heterocycles. The number of rotatable bonds is 13. The highest BCUT2D eigenvalue weighted by atomic mass is 19.4. The predicted molar refractivity (Wildman–Crippen MR) is 136 cm³/mol. The van der Waals surface area contributed by atoms with E-state index in [0.29, 0.717) is 5.56 Å². The molecule has 8 nitrogen and oxygen atoms in total. The number of nitrogens with two attached hydrogens (primary N) is 3. The lowest BCUT2D eigenvalue weighted by atomic mass is 9.91. The number of hydrogen-bond acceptors (Lipinski definition) is 6. The molecule has 2 atom stereocenters. The number of alkyl halides is 6. The largest absolute Gasteiger partial charge is 0.416 e. The van der Waals surface area contributed by atoms with Crippen LogP contribution in [0.4, 0.5) is 32.0 Å². The van der Waals surface area contributed by atoms with Gasteiger partial charge in [0.1, 0.15) is 5.78 Å². The maximum atomic E-state index is 13.1. The van der Waals surface area contributed by atoms with Gasteiger partial charge in [-0.15, -0.1) is 0 Å². The number of hydrogen-bond donors (Lipinski definition) is 5. The molecule has 0 fully saturated rings. The molecule has 0 spiro atoms. The number of halogens is 6. The lowest BCUT2D eigenvalue weighted by Crippen LogP contribution is -2.47. The van der Waals surface area contributed by atoms with E-state index < -0.39 is 59.1 Å². The molecular formula is C26H31F6N5O3. The van der Waals surface area contributed by atoms with Crippen LogP contribution in [0.15, 0.2) is 48.5 Å². The third-order valence-corrected chi connectivity index (χ3v) is 6.08. The van der Waals surface area contributed by atoms with E-state index in [1.54, 1.807) is 0 Å². The maximum Gasteiger partial charge on any atom is 0.416 e. The van der Waals surface area contributed by atoms with Crippen LogP contribution >= 0.6 is 0 Å². The van der Waals surface area contributed by atoms with Crippen molar-refractivity contribution in [1.82, 2.24) is 5.32 Å². The minimum Gasteiger partial charge on any atom is -0.351 e. The van der Waals surface area contributed by atoms with Gasteiger partial charge in [-0.3, -0.25) is 14.4 Å². The molecule has 0 aromatic heterocycles. The third kappa shape index (κ3) is 10.2. The van der Waals surface area contributed by atoms with Gasteiger partial charge in [-0.05, 0) is 48.7 Å². The molecule has 0 heterocycles. The van der Waals surface area contributed by atoms with Gasteiger partial charge in [-0.1, -0.05) is 18.2 Å². The van der Waals surface area contributed by atoms with Crippen molar-refractivity contribution in [2.45, 2.75) is 50.1 Å². The van der Waals surface area contributed by atoms with Gasteiger partial charge in [-0.25, -0.2) is 0 Å². The highest BCUT2D eigenvalue weighted by Gasteiger charge is 2.32. The van der Waals surface area contributed by atoms with Crippen LogP contribution in [0.5, 0.6) is 0 Å². The molecule has 2 rings (SSSR count). The zero-order valence-corrected chi connectivity index (χ0v) is 21.3. The van der Waals surface area contributed by atoms with Gasteiger partial charge in [0.25, 0.3) is 0 Å². The Bertz CT molecular complexity index is 1150. The van der Waals surface area contributed by atoms with Gasteiger partial charge in [0, 0.05) is 37.5 Å². The summed E-state index contributed by atoms with van der Waals surface area (Å²) in [5.74, 6) is -2.87. The molecule has 1 unspecified atom stereocenters. The van der Waals surface area contributed by atoms with Crippen LogP contribution in [0, 0.1) is 5.92 Å². The number of nitrogens with one attached hydrogen (secondary N) is 2. The first kappa shape index (κ1) is 32.7. The highest BCUT2D eigenvalue weighted by Crippen LogP contribution is 2.32. The number of ketones is 1. The Morgan fingerprint density at radius 2 is 1.45 bits per heavy atom. The number of carbonyl (C=O) groups is 3. The second-order valence-electron chi connectivity index (χ2n) is 9.21. The van der Waals surface area contributed by atoms with Crippen molar-refractivity contribution in [2.75, 3.05) is 18.4 Å². The first-order chi connectivity index (χ1) is 18.6. The minimum atomic E-state index is -4.65. The molecule has 2 aromatic rings. The van der Waals surface area contributed by atoms with Crippen molar-refractivity contribution >= 4 is 23.3 Å². The Morgan fingerprint density at radius 1 is 0.850 bits per heavy atom. The van der Waals surface area contributed by atoms with Gasteiger partial charge < -0.3 is 27.8 Å². The summed E-state index contributed by atoms with van der Waals surface area (Å²) in [6, 6.07) is 6.25. The highest BCUT2D eigenvalue weighted by molar-refractivity contribution is 5.94. The third-order valence-electron chi connectivity index (χ3n) is 6.08. The number of carbonyl (C=O) groups excluding carboxylic acids is 3. The number of amides is 2. The van der Waals surface area contributed by atoms with Crippen molar-refractivity contribution in [3.05, 3.63) is 65.2 Å².